The second-order valence-corrected chi connectivity index (χ2v) is 3.14. The number of benzene rings is 1. The Labute approximate surface area is 92.6 Å². The van der Waals surface area contributed by atoms with Gasteiger partial charge in [-0.05, 0) is 23.8 Å². The normalized spacial score (nSPS) is 9.00. The summed E-state index contributed by atoms with van der Waals surface area (Å²) in [6.07, 6.45) is 0. The molecule has 0 saturated carbocycles. The molecular formula is C11H9ClO3. The van der Waals surface area contributed by atoms with E-state index in [1.165, 1.54) is 7.11 Å². The van der Waals surface area contributed by atoms with E-state index in [4.69, 9.17) is 16.7 Å². The van der Waals surface area contributed by atoms with Crippen LogP contribution in [-0.2, 0) is 16.1 Å². The van der Waals surface area contributed by atoms with Gasteiger partial charge in [-0.1, -0.05) is 17.5 Å². The fraction of sp³-hybridized carbons (Fsp3) is 0.182. The van der Waals surface area contributed by atoms with E-state index in [1.54, 1.807) is 18.2 Å². The van der Waals surface area contributed by atoms with E-state index in [0.29, 0.717) is 16.1 Å². The van der Waals surface area contributed by atoms with Crippen LogP contribution in [0.1, 0.15) is 11.1 Å². The van der Waals surface area contributed by atoms with Crippen molar-refractivity contribution < 1.29 is 14.6 Å². The average Bonchev–Trinajstić information content (AvgIpc) is 2.26. The van der Waals surface area contributed by atoms with Crippen LogP contribution in [0.5, 0.6) is 0 Å². The Morgan fingerprint density at radius 1 is 1.60 bits per heavy atom. The van der Waals surface area contributed by atoms with E-state index in [2.05, 4.69) is 16.6 Å². The molecule has 0 bridgehead atoms. The highest BCUT2D eigenvalue weighted by atomic mass is 35.5. The third kappa shape index (κ3) is 3.28. The van der Waals surface area contributed by atoms with Gasteiger partial charge in [0.15, 0.2) is 0 Å². The molecule has 0 aliphatic heterocycles. The monoisotopic (exact) mass is 224 g/mol. The van der Waals surface area contributed by atoms with Crippen molar-refractivity contribution >= 4 is 17.6 Å². The van der Waals surface area contributed by atoms with Gasteiger partial charge >= 0.3 is 5.97 Å². The zero-order valence-corrected chi connectivity index (χ0v) is 8.84. The predicted molar refractivity (Wildman–Crippen MR) is 56.3 cm³/mol. The maximum atomic E-state index is 10.8. The van der Waals surface area contributed by atoms with Crippen LogP contribution in [0.25, 0.3) is 0 Å². The minimum absolute atomic E-state index is 0.175. The summed E-state index contributed by atoms with van der Waals surface area (Å²) >= 11 is 5.73. The van der Waals surface area contributed by atoms with Gasteiger partial charge in [-0.25, -0.2) is 4.79 Å². The van der Waals surface area contributed by atoms with Gasteiger partial charge < -0.3 is 9.84 Å². The first-order chi connectivity index (χ1) is 7.17. The minimum Gasteiger partial charge on any atom is -0.459 e. The highest BCUT2D eigenvalue weighted by molar-refractivity contribution is 6.30. The fourth-order valence-corrected chi connectivity index (χ4v) is 1.18. The fourth-order valence-electron chi connectivity index (χ4n) is 0.984. The summed E-state index contributed by atoms with van der Waals surface area (Å²) in [7, 11) is 1.26. The molecule has 4 heteroatoms. The Hall–Kier alpha value is -1.50. The molecule has 3 nitrogen and oxygen atoms in total. The summed E-state index contributed by atoms with van der Waals surface area (Å²) in [4.78, 5) is 10.8. The van der Waals surface area contributed by atoms with Crippen molar-refractivity contribution in [3.8, 4) is 11.8 Å². The number of methoxy groups -OCH3 is 1. The van der Waals surface area contributed by atoms with Crippen LogP contribution in [0.15, 0.2) is 18.2 Å². The number of aliphatic hydroxyl groups is 1. The van der Waals surface area contributed by atoms with Gasteiger partial charge in [0.05, 0.1) is 13.7 Å². The van der Waals surface area contributed by atoms with Crippen molar-refractivity contribution in [3.63, 3.8) is 0 Å². The van der Waals surface area contributed by atoms with Gasteiger partial charge in [0.25, 0.3) is 0 Å². The Kier molecular flexibility index (Phi) is 4.17. The molecule has 0 aliphatic rings. The van der Waals surface area contributed by atoms with E-state index in [-0.39, 0.29) is 6.61 Å². The molecular weight excluding hydrogens is 216 g/mol. The third-order valence-electron chi connectivity index (χ3n) is 1.72. The molecule has 0 fully saturated rings. The highest BCUT2D eigenvalue weighted by Crippen LogP contribution is 2.15. The van der Waals surface area contributed by atoms with Crippen LogP contribution < -0.4 is 0 Å². The van der Waals surface area contributed by atoms with Gasteiger partial charge in [0.2, 0.25) is 0 Å². The largest absolute Gasteiger partial charge is 0.459 e. The second kappa shape index (κ2) is 5.40. The quantitative estimate of drug-likeness (QED) is 0.579. The van der Waals surface area contributed by atoms with Crippen LogP contribution in [0.3, 0.4) is 0 Å². The van der Waals surface area contributed by atoms with Crippen LogP contribution in [0, 0.1) is 11.8 Å². The molecule has 15 heavy (non-hydrogen) atoms. The molecule has 0 unspecified atom stereocenters. The lowest BCUT2D eigenvalue weighted by molar-refractivity contribution is -0.133. The molecule has 1 aromatic carbocycles. The van der Waals surface area contributed by atoms with Crippen molar-refractivity contribution in [2.75, 3.05) is 7.11 Å². The first-order valence-electron chi connectivity index (χ1n) is 4.16. The number of hydrogen-bond donors (Lipinski definition) is 1. The first kappa shape index (κ1) is 11.6. The third-order valence-corrected chi connectivity index (χ3v) is 1.96. The standard InChI is InChI=1S/C11H9ClO3/c1-15-11(14)5-3-8-2-4-10(12)6-9(8)7-13/h2,4,6,13H,7H2,1H3. The lowest BCUT2D eigenvalue weighted by Gasteiger charge is -2.00. The summed E-state index contributed by atoms with van der Waals surface area (Å²) in [6.45, 7) is -0.175. The highest BCUT2D eigenvalue weighted by Gasteiger charge is 2.00. The molecule has 1 rings (SSSR count). The molecule has 0 amide bonds. The SMILES string of the molecule is COC(=O)C#Cc1ccc(Cl)cc1CO. The van der Waals surface area contributed by atoms with Crippen molar-refractivity contribution in [2.45, 2.75) is 6.61 Å². The molecule has 0 aliphatic carbocycles. The van der Waals surface area contributed by atoms with Crippen LogP contribution in [0.4, 0.5) is 0 Å². The van der Waals surface area contributed by atoms with Crippen LogP contribution >= 0.6 is 11.6 Å². The Morgan fingerprint density at radius 3 is 2.93 bits per heavy atom. The van der Waals surface area contributed by atoms with E-state index in [0.717, 1.165) is 0 Å². The molecule has 78 valence electrons. The van der Waals surface area contributed by atoms with Gasteiger partial charge in [-0.3, -0.25) is 0 Å². The molecule has 0 radical (unpaired) electrons. The maximum Gasteiger partial charge on any atom is 0.384 e. The lowest BCUT2D eigenvalue weighted by Crippen LogP contribution is -1.95. The van der Waals surface area contributed by atoms with E-state index < -0.39 is 5.97 Å². The van der Waals surface area contributed by atoms with Crippen molar-refractivity contribution in [1.82, 2.24) is 0 Å². The molecule has 0 atom stereocenters. The van der Waals surface area contributed by atoms with Crippen LogP contribution in [0.2, 0.25) is 5.02 Å². The van der Waals surface area contributed by atoms with Crippen LogP contribution in [-0.4, -0.2) is 18.2 Å². The Bertz CT molecular complexity index is 429. The number of halogens is 1. The van der Waals surface area contributed by atoms with E-state index >= 15 is 0 Å². The zero-order chi connectivity index (χ0) is 11.3. The number of hydrogen-bond acceptors (Lipinski definition) is 3. The van der Waals surface area contributed by atoms with Crippen molar-refractivity contribution in [1.29, 1.82) is 0 Å². The molecule has 0 spiro atoms. The minimum atomic E-state index is -0.617. The zero-order valence-electron chi connectivity index (χ0n) is 8.08. The molecule has 1 N–H and O–H groups in total. The average molecular weight is 225 g/mol. The number of rotatable bonds is 1. The second-order valence-electron chi connectivity index (χ2n) is 2.70. The van der Waals surface area contributed by atoms with E-state index in [9.17, 15) is 4.79 Å². The topological polar surface area (TPSA) is 46.5 Å². The lowest BCUT2D eigenvalue weighted by atomic mass is 10.1. The summed E-state index contributed by atoms with van der Waals surface area (Å²) < 4.78 is 4.37. The summed E-state index contributed by atoms with van der Waals surface area (Å²) in [5.41, 5.74) is 1.14. The number of esters is 1. The Morgan fingerprint density at radius 2 is 2.33 bits per heavy atom. The first-order valence-corrected chi connectivity index (χ1v) is 4.54. The van der Waals surface area contributed by atoms with Gasteiger partial charge in [-0.15, -0.1) is 0 Å². The summed E-state index contributed by atoms with van der Waals surface area (Å²) in [5, 5.41) is 9.54. The van der Waals surface area contributed by atoms with E-state index in [1.807, 2.05) is 0 Å². The number of carbonyl (C=O) groups is 1. The van der Waals surface area contributed by atoms with Gasteiger partial charge in [-0.2, -0.15) is 0 Å². The molecule has 0 aromatic heterocycles. The van der Waals surface area contributed by atoms with Gasteiger partial charge in [0, 0.05) is 16.5 Å². The molecule has 0 heterocycles. The number of ether oxygens (including phenoxy) is 1. The predicted octanol–water partition coefficient (Wildman–Crippen LogP) is 1.36. The summed E-state index contributed by atoms with van der Waals surface area (Å²) in [6, 6.07) is 4.88. The number of carbonyl (C=O) groups excluding carboxylic acids is 1. The van der Waals surface area contributed by atoms with Crippen molar-refractivity contribution in [3.05, 3.63) is 34.3 Å². The summed E-state index contributed by atoms with van der Waals surface area (Å²) in [5.74, 6) is 4.26. The maximum absolute atomic E-state index is 10.8. The molecule has 1 aromatic rings. The smallest absolute Gasteiger partial charge is 0.384 e. The Balaban J connectivity index is 3.02. The van der Waals surface area contributed by atoms with Crippen molar-refractivity contribution in [2.24, 2.45) is 0 Å². The number of aliphatic hydroxyl groups excluding tert-OH is 1. The molecule has 0 saturated heterocycles. The van der Waals surface area contributed by atoms with Gasteiger partial charge in [0.1, 0.15) is 0 Å².